The summed E-state index contributed by atoms with van der Waals surface area (Å²) in [6.45, 7) is 9.61. The number of anilines is 1. The van der Waals surface area contributed by atoms with Gasteiger partial charge >= 0.3 is 0 Å². The van der Waals surface area contributed by atoms with Crippen LogP contribution in [0.15, 0.2) is 41.3 Å². The lowest BCUT2D eigenvalue weighted by Gasteiger charge is -2.24. The lowest BCUT2D eigenvalue weighted by Crippen LogP contribution is -2.38. The van der Waals surface area contributed by atoms with E-state index < -0.39 is 0 Å². The Morgan fingerprint density at radius 2 is 1.82 bits per heavy atom. The molecule has 34 heavy (non-hydrogen) atoms. The molecular weight excluding hydrogens is 493 g/mol. The fourth-order valence-corrected chi connectivity index (χ4v) is 5.51. The monoisotopic (exact) mass is 525 g/mol. The van der Waals surface area contributed by atoms with Crippen LogP contribution in [0.5, 0.6) is 5.75 Å². The molecule has 0 radical (unpaired) electrons. The standard InChI is InChI=1S/C25H32FN3O2S2.ClH/c1-5-28(6-2)15-16-29(22(30)8-7-17-32-20-12-10-19(26)11-13-20)25-27-23-21(31-4)14-9-18(3)24(23)33-25;/h9-14H,5-8,15-17H2,1-4H3;1H. The molecule has 0 saturated heterocycles. The average Bonchev–Trinajstić information content (AvgIpc) is 3.27. The maximum absolute atomic E-state index is 13.3. The molecular formula is C25H33ClFN3O2S2. The van der Waals surface area contributed by atoms with Crippen LogP contribution in [0.2, 0.25) is 0 Å². The van der Waals surface area contributed by atoms with Crippen LogP contribution in [0.3, 0.4) is 0 Å². The minimum atomic E-state index is -0.235. The summed E-state index contributed by atoms with van der Waals surface area (Å²) < 4.78 is 19.6. The van der Waals surface area contributed by atoms with Crippen molar-refractivity contribution in [3.05, 3.63) is 47.8 Å². The number of carbonyl (C=O) groups is 1. The number of thioether (sulfide) groups is 1. The first kappa shape index (κ1) is 28.4. The highest BCUT2D eigenvalue weighted by atomic mass is 35.5. The quantitative estimate of drug-likeness (QED) is 0.201. The predicted molar refractivity (Wildman–Crippen MR) is 145 cm³/mol. The zero-order valence-corrected chi connectivity index (χ0v) is 22.6. The van der Waals surface area contributed by atoms with Crippen molar-refractivity contribution in [1.82, 2.24) is 9.88 Å². The average molecular weight is 526 g/mol. The van der Waals surface area contributed by atoms with E-state index in [0.29, 0.717) is 13.0 Å². The van der Waals surface area contributed by atoms with Crippen molar-refractivity contribution in [3.8, 4) is 5.75 Å². The second-order valence-corrected chi connectivity index (χ2v) is 9.88. The molecule has 0 N–H and O–H groups in total. The van der Waals surface area contributed by atoms with E-state index in [1.54, 1.807) is 42.3 Å². The van der Waals surface area contributed by atoms with Gasteiger partial charge in [-0.2, -0.15) is 0 Å². The van der Waals surface area contributed by atoms with Gasteiger partial charge in [-0.05, 0) is 68.1 Å². The molecule has 0 unspecified atom stereocenters. The van der Waals surface area contributed by atoms with E-state index in [9.17, 15) is 9.18 Å². The van der Waals surface area contributed by atoms with E-state index in [0.717, 1.165) is 63.4 Å². The molecule has 0 bridgehead atoms. The van der Waals surface area contributed by atoms with Gasteiger partial charge in [0.15, 0.2) is 5.13 Å². The van der Waals surface area contributed by atoms with Gasteiger partial charge in [-0.25, -0.2) is 9.37 Å². The van der Waals surface area contributed by atoms with Crippen LogP contribution >= 0.6 is 35.5 Å². The highest BCUT2D eigenvalue weighted by Crippen LogP contribution is 2.36. The van der Waals surface area contributed by atoms with E-state index in [1.165, 1.54) is 12.1 Å². The summed E-state index contributed by atoms with van der Waals surface area (Å²) in [5.41, 5.74) is 1.94. The number of halogens is 2. The smallest absolute Gasteiger partial charge is 0.228 e. The number of carbonyl (C=O) groups excluding carboxylic acids is 1. The predicted octanol–water partition coefficient (Wildman–Crippen LogP) is 6.42. The van der Waals surface area contributed by atoms with Crippen LogP contribution in [-0.4, -0.2) is 54.8 Å². The number of fused-ring (bicyclic) bond motifs is 1. The van der Waals surface area contributed by atoms with Gasteiger partial charge in [-0.15, -0.1) is 24.2 Å². The molecule has 0 spiro atoms. The van der Waals surface area contributed by atoms with E-state index in [2.05, 4.69) is 25.7 Å². The Morgan fingerprint density at radius 1 is 1.12 bits per heavy atom. The summed E-state index contributed by atoms with van der Waals surface area (Å²) in [5.74, 6) is 1.37. The van der Waals surface area contributed by atoms with Crippen LogP contribution in [0.25, 0.3) is 10.2 Å². The topological polar surface area (TPSA) is 45.7 Å². The molecule has 0 aliphatic carbocycles. The third-order valence-electron chi connectivity index (χ3n) is 5.60. The minimum Gasteiger partial charge on any atom is -0.494 e. The normalized spacial score (nSPS) is 11.0. The van der Waals surface area contributed by atoms with E-state index in [-0.39, 0.29) is 24.1 Å². The molecule has 0 fully saturated rings. The zero-order chi connectivity index (χ0) is 23.8. The number of rotatable bonds is 12. The summed E-state index contributed by atoms with van der Waals surface area (Å²) in [6.07, 6.45) is 1.19. The highest BCUT2D eigenvalue weighted by molar-refractivity contribution is 7.99. The molecule has 0 aliphatic rings. The molecule has 186 valence electrons. The van der Waals surface area contributed by atoms with Crippen LogP contribution in [0, 0.1) is 12.7 Å². The van der Waals surface area contributed by atoms with Gasteiger partial charge in [-0.1, -0.05) is 31.3 Å². The van der Waals surface area contributed by atoms with Gasteiger partial charge in [0.1, 0.15) is 17.1 Å². The molecule has 0 saturated carbocycles. The molecule has 9 heteroatoms. The number of amides is 1. The van der Waals surface area contributed by atoms with Crippen molar-refractivity contribution in [1.29, 1.82) is 0 Å². The van der Waals surface area contributed by atoms with Crippen LogP contribution < -0.4 is 9.64 Å². The largest absolute Gasteiger partial charge is 0.494 e. The van der Waals surface area contributed by atoms with Crippen molar-refractivity contribution < 1.29 is 13.9 Å². The SMILES string of the molecule is CCN(CC)CCN(C(=O)CCCSc1ccc(F)cc1)c1nc2c(OC)ccc(C)c2s1.Cl. The Hall–Kier alpha value is -1.87. The lowest BCUT2D eigenvalue weighted by atomic mass is 10.2. The van der Waals surface area contributed by atoms with Crippen molar-refractivity contribution in [2.45, 2.75) is 38.5 Å². The summed E-state index contributed by atoms with van der Waals surface area (Å²) >= 11 is 3.19. The Morgan fingerprint density at radius 3 is 2.47 bits per heavy atom. The maximum Gasteiger partial charge on any atom is 0.228 e. The molecule has 1 heterocycles. The number of nitrogens with zero attached hydrogens (tertiary/aromatic N) is 3. The van der Waals surface area contributed by atoms with Gasteiger partial charge < -0.3 is 9.64 Å². The Labute approximate surface area is 216 Å². The summed E-state index contributed by atoms with van der Waals surface area (Å²) in [7, 11) is 1.64. The minimum absolute atomic E-state index is 0. The molecule has 3 rings (SSSR count). The van der Waals surface area contributed by atoms with E-state index >= 15 is 0 Å². The van der Waals surface area contributed by atoms with Crippen molar-refractivity contribution >= 4 is 56.8 Å². The number of methoxy groups -OCH3 is 1. The number of aromatic nitrogens is 1. The first-order valence-electron chi connectivity index (χ1n) is 11.3. The fourth-order valence-electron chi connectivity index (χ4n) is 3.57. The maximum atomic E-state index is 13.3. The van der Waals surface area contributed by atoms with Crippen LogP contribution in [0.4, 0.5) is 9.52 Å². The first-order valence-corrected chi connectivity index (χ1v) is 13.1. The number of thiazole rings is 1. The lowest BCUT2D eigenvalue weighted by molar-refractivity contribution is -0.118. The first-order chi connectivity index (χ1) is 16.0. The Bertz CT molecular complexity index is 1060. The number of benzene rings is 2. The molecule has 5 nitrogen and oxygen atoms in total. The molecule has 0 aliphatic heterocycles. The summed E-state index contributed by atoms with van der Waals surface area (Å²) in [4.78, 5) is 23.3. The number of hydrogen-bond acceptors (Lipinski definition) is 6. The van der Waals surface area contributed by atoms with Crippen molar-refractivity contribution in [2.75, 3.05) is 43.9 Å². The second-order valence-electron chi connectivity index (χ2n) is 7.74. The fraction of sp³-hybridized carbons (Fsp3) is 0.440. The van der Waals surface area contributed by atoms with E-state index in [1.807, 2.05) is 17.0 Å². The summed E-state index contributed by atoms with van der Waals surface area (Å²) in [5, 5.41) is 0.723. The number of ether oxygens (including phenoxy) is 1. The number of likely N-dealkylation sites (N-methyl/N-ethyl adjacent to an activating group) is 1. The van der Waals surface area contributed by atoms with Crippen LogP contribution in [-0.2, 0) is 4.79 Å². The van der Waals surface area contributed by atoms with E-state index in [4.69, 9.17) is 9.72 Å². The van der Waals surface area contributed by atoms with Crippen molar-refractivity contribution in [2.24, 2.45) is 0 Å². The Balaban J connectivity index is 0.00000408. The number of aryl methyl sites for hydroxylation is 1. The van der Waals surface area contributed by atoms with Gasteiger partial charge in [0.2, 0.25) is 5.91 Å². The number of hydrogen-bond donors (Lipinski definition) is 0. The third-order valence-corrected chi connectivity index (χ3v) is 7.91. The molecule has 1 amide bonds. The van der Waals surface area contributed by atoms with Gasteiger partial charge in [0.05, 0.1) is 11.8 Å². The molecule has 0 atom stereocenters. The molecule has 1 aromatic heterocycles. The zero-order valence-electron chi connectivity index (χ0n) is 20.2. The van der Waals surface area contributed by atoms with Gasteiger partial charge in [0, 0.05) is 24.4 Å². The molecule has 3 aromatic rings. The van der Waals surface area contributed by atoms with Gasteiger partial charge in [-0.3, -0.25) is 9.69 Å². The second kappa shape index (κ2) is 13.9. The van der Waals surface area contributed by atoms with Crippen molar-refractivity contribution in [3.63, 3.8) is 0 Å². The molecule has 2 aromatic carbocycles. The van der Waals surface area contributed by atoms with Crippen LogP contribution in [0.1, 0.15) is 32.3 Å². The van der Waals surface area contributed by atoms with Gasteiger partial charge in [0.25, 0.3) is 0 Å². The summed E-state index contributed by atoms with van der Waals surface area (Å²) in [6, 6.07) is 10.4. The Kier molecular flexibility index (Phi) is 11.6. The highest BCUT2D eigenvalue weighted by Gasteiger charge is 2.22. The third kappa shape index (κ3) is 7.31.